The Morgan fingerprint density at radius 3 is 2.86 bits per heavy atom. The zero-order chi connectivity index (χ0) is 23.7. The van der Waals surface area contributed by atoms with Gasteiger partial charge >= 0.3 is 5.97 Å². The molecule has 9 heteroatoms. The van der Waals surface area contributed by atoms with Crippen LogP contribution in [0.15, 0.2) is 30.5 Å². The molecule has 1 fully saturated rings. The Hall–Kier alpha value is -3.07. The van der Waals surface area contributed by atoms with Crippen LogP contribution in [0.5, 0.6) is 0 Å². The van der Waals surface area contributed by atoms with Gasteiger partial charge in [0.1, 0.15) is 24.7 Å². The first-order chi connectivity index (χ1) is 14.9. The van der Waals surface area contributed by atoms with Crippen molar-refractivity contribution in [2.75, 3.05) is 25.0 Å². The summed E-state index contributed by atoms with van der Waals surface area (Å²) in [6.45, 7) is 1.54. The van der Waals surface area contributed by atoms with Gasteiger partial charge in [0.15, 0.2) is 11.6 Å². The molecule has 0 radical (unpaired) electrons. The number of ether oxygens (including phenoxy) is 2. The van der Waals surface area contributed by atoms with Crippen molar-refractivity contribution in [2.24, 2.45) is 5.73 Å². The summed E-state index contributed by atoms with van der Waals surface area (Å²) in [5.41, 5.74) is 4.51. The Bertz CT molecular complexity index is 1040. The number of nitrogens with two attached hydrogens (primary N) is 1. The first kappa shape index (κ1) is 16.8. The SMILES string of the molecule is [2H]C([2H])([2H])OC1(C)CN(c2ncc(-c3cccc(COC(=O)CC(=N)N)c3F)cc2F)C1. The zero-order valence-electron chi connectivity index (χ0n) is 18.7. The van der Waals surface area contributed by atoms with E-state index < -0.39 is 36.7 Å². The van der Waals surface area contributed by atoms with Crippen LogP contribution in [-0.4, -0.2) is 42.5 Å². The minimum absolute atomic E-state index is 0.00934. The van der Waals surface area contributed by atoms with Gasteiger partial charge in [0.05, 0.1) is 22.8 Å². The summed E-state index contributed by atoms with van der Waals surface area (Å²) in [7, 11) is -2.56. The van der Waals surface area contributed by atoms with E-state index in [1.54, 1.807) is 6.92 Å². The van der Waals surface area contributed by atoms with Gasteiger partial charge in [-0.1, -0.05) is 18.2 Å². The molecule has 0 atom stereocenters. The zero-order valence-corrected chi connectivity index (χ0v) is 15.7. The number of aromatic nitrogens is 1. The quantitative estimate of drug-likeness (QED) is 0.416. The summed E-state index contributed by atoms with van der Waals surface area (Å²) in [5, 5.41) is 7.07. The lowest BCUT2D eigenvalue weighted by Gasteiger charge is -2.47. The second-order valence-electron chi connectivity index (χ2n) is 7.08. The van der Waals surface area contributed by atoms with Crippen molar-refractivity contribution in [3.8, 4) is 11.1 Å². The highest BCUT2D eigenvalue weighted by Crippen LogP contribution is 2.32. The summed E-state index contributed by atoms with van der Waals surface area (Å²) < 4.78 is 61.2. The summed E-state index contributed by atoms with van der Waals surface area (Å²) >= 11 is 0. The normalized spacial score (nSPS) is 16.9. The van der Waals surface area contributed by atoms with E-state index in [1.165, 1.54) is 29.3 Å². The van der Waals surface area contributed by atoms with Gasteiger partial charge in [-0.05, 0) is 13.0 Å². The largest absolute Gasteiger partial charge is 0.460 e. The Kier molecular flexibility index (Phi) is 4.72. The van der Waals surface area contributed by atoms with Gasteiger partial charge in [-0.15, -0.1) is 0 Å². The van der Waals surface area contributed by atoms with Gasteiger partial charge < -0.3 is 20.1 Å². The number of anilines is 1. The minimum Gasteiger partial charge on any atom is -0.460 e. The smallest absolute Gasteiger partial charge is 0.313 e. The number of methoxy groups -OCH3 is 1. The molecule has 0 bridgehead atoms. The predicted molar refractivity (Wildman–Crippen MR) is 104 cm³/mol. The fourth-order valence-electron chi connectivity index (χ4n) is 3.07. The lowest BCUT2D eigenvalue weighted by atomic mass is 9.96. The lowest BCUT2D eigenvalue weighted by Crippen LogP contribution is -2.61. The van der Waals surface area contributed by atoms with Crippen LogP contribution in [0, 0.1) is 17.0 Å². The van der Waals surface area contributed by atoms with E-state index in [0.717, 1.165) is 6.07 Å². The number of benzene rings is 1. The number of pyridine rings is 1. The van der Waals surface area contributed by atoms with E-state index in [1.807, 2.05) is 0 Å². The molecule has 0 aliphatic carbocycles. The van der Waals surface area contributed by atoms with E-state index in [4.69, 9.17) is 24.7 Å². The Balaban J connectivity index is 1.73. The van der Waals surface area contributed by atoms with Gasteiger partial charge in [0.2, 0.25) is 0 Å². The van der Waals surface area contributed by atoms with Crippen LogP contribution in [0.2, 0.25) is 0 Å². The molecule has 0 unspecified atom stereocenters. The third-order valence-electron chi connectivity index (χ3n) is 4.53. The Morgan fingerprint density at radius 1 is 1.45 bits per heavy atom. The number of nitrogens with one attached hydrogen (secondary N) is 1. The van der Waals surface area contributed by atoms with Crippen molar-refractivity contribution in [1.29, 1.82) is 5.41 Å². The fourth-order valence-corrected chi connectivity index (χ4v) is 3.07. The molecule has 1 saturated heterocycles. The van der Waals surface area contributed by atoms with Crippen LogP contribution < -0.4 is 10.6 Å². The van der Waals surface area contributed by atoms with Crippen molar-refractivity contribution in [3.63, 3.8) is 0 Å². The second-order valence-corrected chi connectivity index (χ2v) is 7.08. The number of amidine groups is 1. The van der Waals surface area contributed by atoms with Gasteiger partial charge in [0, 0.05) is 29.9 Å². The van der Waals surface area contributed by atoms with Crippen molar-refractivity contribution in [3.05, 3.63) is 47.7 Å². The van der Waals surface area contributed by atoms with Crippen LogP contribution >= 0.6 is 0 Å². The molecular formula is C20H22F2N4O3. The van der Waals surface area contributed by atoms with E-state index in [0.29, 0.717) is 0 Å². The van der Waals surface area contributed by atoms with Crippen molar-refractivity contribution in [1.82, 2.24) is 4.98 Å². The molecule has 0 spiro atoms. The van der Waals surface area contributed by atoms with Crippen molar-refractivity contribution < 1.29 is 27.2 Å². The maximum atomic E-state index is 14.9. The lowest BCUT2D eigenvalue weighted by molar-refractivity contribution is -0.143. The molecule has 154 valence electrons. The molecule has 0 saturated carbocycles. The van der Waals surface area contributed by atoms with Crippen LogP contribution in [0.1, 0.15) is 23.0 Å². The van der Waals surface area contributed by atoms with Crippen LogP contribution in [-0.2, 0) is 20.9 Å². The average molecular weight is 407 g/mol. The Labute approximate surface area is 171 Å². The fraction of sp³-hybridized carbons (Fsp3) is 0.350. The van der Waals surface area contributed by atoms with Gasteiger partial charge in [-0.2, -0.15) is 0 Å². The van der Waals surface area contributed by atoms with Crippen LogP contribution in [0.25, 0.3) is 11.1 Å². The van der Waals surface area contributed by atoms with Gasteiger partial charge in [0.25, 0.3) is 0 Å². The molecule has 1 aliphatic heterocycles. The summed E-state index contributed by atoms with van der Waals surface area (Å²) in [6.07, 6.45) is 0.910. The van der Waals surface area contributed by atoms with E-state index in [-0.39, 0.29) is 48.0 Å². The number of hydrogen-bond acceptors (Lipinski definition) is 6. The van der Waals surface area contributed by atoms with Crippen LogP contribution in [0.3, 0.4) is 0 Å². The highest BCUT2D eigenvalue weighted by molar-refractivity contribution is 5.94. The maximum Gasteiger partial charge on any atom is 0.313 e. The van der Waals surface area contributed by atoms with E-state index in [2.05, 4.69) is 4.98 Å². The molecule has 3 rings (SSSR count). The van der Waals surface area contributed by atoms with Crippen molar-refractivity contribution in [2.45, 2.75) is 25.6 Å². The third-order valence-corrected chi connectivity index (χ3v) is 4.53. The molecule has 0 amide bonds. The van der Waals surface area contributed by atoms with Gasteiger partial charge in [-0.3, -0.25) is 10.2 Å². The van der Waals surface area contributed by atoms with Crippen LogP contribution in [0.4, 0.5) is 14.6 Å². The minimum atomic E-state index is -2.56. The molecule has 1 aromatic heterocycles. The molecule has 1 aromatic carbocycles. The molecule has 29 heavy (non-hydrogen) atoms. The molecule has 1 aliphatic rings. The number of carbonyl (C=O) groups excluding carboxylic acids is 1. The number of hydrogen-bond donors (Lipinski definition) is 2. The van der Waals surface area contributed by atoms with E-state index in [9.17, 15) is 13.6 Å². The molecule has 2 heterocycles. The molecule has 2 aromatic rings. The third kappa shape index (κ3) is 4.51. The average Bonchev–Trinajstić information content (AvgIpc) is 2.63. The highest BCUT2D eigenvalue weighted by atomic mass is 19.1. The monoisotopic (exact) mass is 407 g/mol. The first-order valence-electron chi connectivity index (χ1n) is 10.2. The maximum absolute atomic E-state index is 14.9. The number of carbonyl (C=O) groups is 1. The number of halogens is 2. The number of nitrogens with zero attached hydrogens (tertiary/aromatic N) is 2. The first-order valence-corrected chi connectivity index (χ1v) is 8.74. The van der Waals surface area contributed by atoms with Crippen molar-refractivity contribution >= 4 is 17.6 Å². The standard InChI is InChI=1S/C20H22F2N4O3/c1-20(28-2)10-26(11-20)19-15(21)6-13(8-25-19)14-5-3-4-12(18(14)22)9-29-17(27)7-16(23)24/h3-6,8H,7,9-11H2,1-2H3,(H3,23,24)/i2D3. The highest BCUT2D eigenvalue weighted by Gasteiger charge is 2.40. The molecule has 3 N–H and O–H groups in total. The summed E-state index contributed by atoms with van der Waals surface area (Å²) in [5.74, 6) is -2.51. The summed E-state index contributed by atoms with van der Waals surface area (Å²) in [6, 6.07) is 5.53. The van der Waals surface area contributed by atoms with Gasteiger partial charge in [-0.25, -0.2) is 13.8 Å². The molecular weight excluding hydrogens is 382 g/mol. The summed E-state index contributed by atoms with van der Waals surface area (Å²) in [4.78, 5) is 17.1. The molecule has 7 nitrogen and oxygen atoms in total. The second kappa shape index (κ2) is 8.12. The number of esters is 1. The Morgan fingerprint density at radius 2 is 2.21 bits per heavy atom. The topological polar surface area (TPSA) is 102 Å². The predicted octanol–water partition coefficient (Wildman–Crippen LogP) is 2.62. The number of rotatable bonds is 7. The van der Waals surface area contributed by atoms with E-state index >= 15 is 0 Å².